The van der Waals surface area contributed by atoms with E-state index < -0.39 is 0 Å². The smallest absolute Gasteiger partial charge is 0.331 e. The van der Waals surface area contributed by atoms with Gasteiger partial charge in [0.25, 0.3) is 5.84 Å². The Morgan fingerprint density at radius 1 is 0.471 bits per heavy atom. The zero-order valence-electron chi connectivity index (χ0n) is 27.2. The highest BCUT2D eigenvalue weighted by Crippen LogP contribution is 2.40. The molecule has 1 unspecified atom stereocenters. The maximum absolute atomic E-state index is 6.79. The Bertz CT molecular complexity index is 3070. The molecule has 3 aromatic heterocycles. The number of para-hydroxylation sites is 3. The molecule has 1 aliphatic heterocycles. The highest BCUT2D eigenvalue weighted by atomic mass is 16.3. The van der Waals surface area contributed by atoms with Gasteiger partial charge in [-0.25, -0.2) is 4.99 Å². The Morgan fingerprint density at radius 3 is 1.94 bits per heavy atom. The fraction of sp³-hybridized carbons (Fsp3) is 0.0222. The molecule has 51 heavy (non-hydrogen) atoms. The number of hydrogen-bond donors (Lipinski definition) is 2. The molecule has 11 rings (SSSR count). The van der Waals surface area contributed by atoms with Crippen LogP contribution in [-0.2, 0) is 0 Å². The number of furan rings is 3. The predicted octanol–water partition coefficient (Wildman–Crippen LogP) is 9.63. The molecule has 6 nitrogen and oxygen atoms in total. The van der Waals surface area contributed by atoms with E-state index in [2.05, 4.69) is 95.2 Å². The second-order valence-electron chi connectivity index (χ2n) is 13.0. The van der Waals surface area contributed by atoms with E-state index in [4.69, 9.17) is 18.2 Å². The molecule has 0 amide bonds. The van der Waals surface area contributed by atoms with Crippen molar-refractivity contribution in [2.75, 3.05) is 0 Å². The molecule has 6 heteroatoms. The maximum atomic E-state index is 6.79. The molecular weight excluding hydrogens is 631 g/mol. The molecule has 0 aliphatic carbocycles. The monoisotopic (exact) mass is 658 g/mol. The van der Waals surface area contributed by atoms with Crippen molar-refractivity contribution in [3.63, 3.8) is 0 Å². The Hall–Kier alpha value is -6.92. The summed E-state index contributed by atoms with van der Waals surface area (Å²) in [6.45, 7) is 0. The second kappa shape index (κ2) is 10.8. The van der Waals surface area contributed by atoms with Crippen molar-refractivity contribution < 1.29 is 18.2 Å². The van der Waals surface area contributed by atoms with Gasteiger partial charge >= 0.3 is 5.84 Å². The summed E-state index contributed by atoms with van der Waals surface area (Å²) in [4.78, 5) is 8.93. The quantitative estimate of drug-likeness (QED) is 0.197. The zero-order valence-corrected chi connectivity index (χ0v) is 27.2. The van der Waals surface area contributed by atoms with E-state index in [1.54, 1.807) is 0 Å². The Labute approximate surface area is 291 Å². The molecule has 0 radical (unpaired) electrons. The van der Waals surface area contributed by atoms with E-state index in [0.717, 1.165) is 105 Å². The molecule has 10 aromatic rings. The summed E-state index contributed by atoms with van der Waals surface area (Å²) in [5, 5.41) is 10.1. The van der Waals surface area contributed by atoms with Gasteiger partial charge in [-0.15, -0.1) is 0 Å². The van der Waals surface area contributed by atoms with Gasteiger partial charge in [0, 0.05) is 43.4 Å². The fourth-order valence-corrected chi connectivity index (χ4v) is 7.73. The minimum absolute atomic E-state index is 0.297. The van der Waals surface area contributed by atoms with Gasteiger partial charge in [0.05, 0.1) is 0 Å². The van der Waals surface area contributed by atoms with Gasteiger partial charge in [-0.3, -0.25) is 0 Å². The van der Waals surface area contributed by atoms with Crippen LogP contribution in [0.15, 0.2) is 170 Å². The molecule has 0 saturated carbocycles. The molecular formula is C45H28N3O3+. The minimum Gasteiger partial charge on any atom is -0.456 e. The summed E-state index contributed by atoms with van der Waals surface area (Å²) in [6, 6.07) is 51.8. The van der Waals surface area contributed by atoms with Crippen LogP contribution >= 0.6 is 0 Å². The summed E-state index contributed by atoms with van der Waals surface area (Å²) >= 11 is 0. The van der Waals surface area contributed by atoms with Gasteiger partial charge in [-0.2, -0.15) is 0 Å². The van der Waals surface area contributed by atoms with Gasteiger partial charge in [0.15, 0.2) is 11.7 Å². The third-order valence-electron chi connectivity index (χ3n) is 10.0. The van der Waals surface area contributed by atoms with Crippen molar-refractivity contribution in [1.82, 2.24) is 5.32 Å². The van der Waals surface area contributed by atoms with Crippen molar-refractivity contribution in [2.24, 2.45) is 4.99 Å². The van der Waals surface area contributed by atoms with Crippen molar-refractivity contribution >= 4 is 77.5 Å². The third kappa shape index (κ3) is 4.30. The standard InChI is InChI=1S/C45H27N3O3/c1-2-11-26(12-3-1)43-46-44(33-17-10-22-38-41(33)32-14-5-7-20-36(32)50-38)48-45(47-43)34-18-8-16-30-29-24-23-27(25-39(29)51-42(30)34)28-15-9-21-37-40(28)31-13-4-6-19-35(31)49-37/h1-25,44H,(H,46,47,48)/p+1. The molecule has 0 spiro atoms. The van der Waals surface area contributed by atoms with Gasteiger partial charge in [0.1, 0.15) is 33.5 Å². The highest BCUT2D eigenvalue weighted by Gasteiger charge is 2.31. The number of benzene rings is 7. The maximum Gasteiger partial charge on any atom is 0.331 e. The van der Waals surface area contributed by atoms with E-state index in [0.29, 0.717) is 0 Å². The van der Waals surface area contributed by atoms with Crippen molar-refractivity contribution in [1.29, 1.82) is 0 Å². The van der Waals surface area contributed by atoms with Crippen LogP contribution in [0.3, 0.4) is 0 Å². The molecule has 7 aromatic carbocycles. The number of amidine groups is 2. The number of nitrogens with one attached hydrogen (secondary N) is 2. The van der Waals surface area contributed by atoms with E-state index in [1.807, 2.05) is 66.7 Å². The molecule has 4 heterocycles. The first-order chi connectivity index (χ1) is 25.3. The lowest BCUT2D eigenvalue weighted by Gasteiger charge is -2.19. The molecule has 1 aliphatic rings. The number of fused-ring (bicyclic) bond motifs is 9. The van der Waals surface area contributed by atoms with Crippen LogP contribution in [0.2, 0.25) is 0 Å². The Morgan fingerprint density at radius 2 is 1.12 bits per heavy atom. The van der Waals surface area contributed by atoms with Crippen LogP contribution in [0.1, 0.15) is 22.9 Å². The lowest BCUT2D eigenvalue weighted by Crippen LogP contribution is -2.80. The Kier molecular flexibility index (Phi) is 5.92. The van der Waals surface area contributed by atoms with Crippen LogP contribution in [0.25, 0.3) is 76.9 Å². The average Bonchev–Trinajstić information content (AvgIpc) is 3.89. The summed E-state index contributed by atoms with van der Waals surface area (Å²) < 4.78 is 19.3. The lowest BCUT2D eigenvalue weighted by atomic mass is 9.98. The highest BCUT2D eigenvalue weighted by molar-refractivity contribution is 6.18. The first kappa shape index (κ1) is 28.0. The van der Waals surface area contributed by atoms with Crippen LogP contribution < -0.4 is 10.3 Å². The van der Waals surface area contributed by atoms with E-state index in [9.17, 15) is 0 Å². The Balaban J connectivity index is 1.10. The van der Waals surface area contributed by atoms with Crippen molar-refractivity contribution in [2.45, 2.75) is 6.17 Å². The van der Waals surface area contributed by atoms with E-state index in [1.165, 1.54) is 0 Å². The minimum atomic E-state index is -0.297. The van der Waals surface area contributed by atoms with E-state index in [-0.39, 0.29) is 6.17 Å². The van der Waals surface area contributed by atoms with Gasteiger partial charge < -0.3 is 18.6 Å². The first-order valence-corrected chi connectivity index (χ1v) is 17.1. The number of nitrogens with zero attached hydrogens (tertiary/aromatic N) is 1. The normalized spacial score (nSPS) is 14.9. The molecule has 0 saturated heterocycles. The topological polar surface area (TPSA) is 77.8 Å². The molecule has 1 atom stereocenters. The SMILES string of the molecule is c1ccc(C2=NC(c3cccc4c3oc3cc(-c5cccc6oc7ccccc7c56)ccc34)=[NH+]C(c3cccc4oc5ccccc5c34)N2)cc1. The molecule has 2 N–H and O–H groups in total. The number of hydrogen-bond acceptors (Lipinski definition) is 5. The molecule has 0 bridgehead atoms. The van der Waals surface area contributed by atoms with Crippen molar-refractivity contribution in [3.05, 3.63) is 168 Å². The second-order valence-corrected chi connectivity index (χ2v) is 13.0. The number of rotatable bonds is 4. The molecule has 240 valence electrons. The number of aliphatic imine (C=N–C) groups is 1. The van der Waals surface area contributed by atoms with Gasteiger partial charge in [-0.05, 0) is 70.7 Å². The van der Waals surface area contributed by atoms with Gasteiger partial charge in [-0.1, -0.05) is 97.1 Å². The lowest BCUT2D eigenvalue weighted by molar-refractivity contribution is -0.516. The third-order valence-corrected chi connectivity index (χ3v) is 10.0. The predicted molar refractivity (Wildman–Crippen MR) is 204 cm³/mol. The molecule has 0 fully saturated rings. The average molecular weight is 659 g/mol. The van der Waals surface area contributed by atoms with E-state index >= 15 is 0 Å². The fourth-order valence-electron chi connectivity index (χ4n) is 7.73. The van der Waals surface area contributed by atoms with Gasteiger partial charge in [0.2, 0.25) is 0 Å². The summed E-state index contributed by atoms with van der Waals surface area (Å²) in [5.74, 6) is 1.50. The van der Waals surface area contributed by atoms with Crippen LogP contribution in [0.4, 0.5) is 0 Å². The van der Waals surface area contributed by atoms with Crippen LogP contribution in [0.5, 0.6) is 0 Å². The summed E-state index contributed by atoms with van der Waals surface area (Å²) in [5.41, 5.74) is 10.2. The first-order valence-electron chi connectivity index (χ1n) is 17.1. The largest absolute Gasteiger partial charge is 0.456 e. The summed E-state index contributed by atoms with van der Waals surface area (Å²) in [7, 11) is 0. The van der Waals surface area contributed by atoms with Crippen molar-refractivity contribution in [3.8, 4) is 11.1 Å². The summed E-state index contributed by atoms with van der Waals surface area (Å²) in [6.07, 6.45) is -0.297. The van der Waals surface area contributed by atoms with Crippen LogP contribution in [-0.4, -0.2) is 11.7 Å². The zero-order chi connectivity index (χ0) is 33.5. The van der Waals surface area contributed by atoms with Crippen LogP contribution in [0, 0.1) is 0 Å².